The lowest BCUT2D eigenvalue weighted by Gasteiger charge is -2.34. The first-order valence-electron chi connectivity index (χ1n) is 10.9. The largest absolute Gasteiger partial charge is 0.393 e. The Balaban J connectivity index is 1.54. The number of ether oxygens (including phenoxy) is 1. The van der Waals surface area contributed by atoms with E-state index < -0.39 is 0 Å². The summed E-state index contributed by atoms with van der Waals surface area (Å²) < 4.78 is 6.35. The molecular weight excluding hydrogens is 308 g/mol. The lowest BCUT2D eigenvalue weighted by molar-refractivity contribution is 0.0141. The van der Waals surface area contributed by atoms with Gasteiger partial charge < -0.3 is 9.84 Å². The van der Waals surface area contributed by atoms with Crippen LogP contribution < -0.4 is 0 Å². The molecule has 1 aliphatic heterocycles. The Morgan fingerprint density at radius 2 is 1.84 bits per heavy atom. The van der Waals surface area contributed by atoms with Crippen molar-refractivity contribution in [3.63, 3.8) is 0 Å². The predicted octanol–water partition coefficient (Wildman–Crippen LogP) is 5.74. The SMILES string of the molecule is C=CC1C(C(CCC(O)CCCC2CC2)C2CCCC2)OCC1(C)C. The first kappa shape index (κ1) is 19.4. The zero-order chi connectivity index (χ0) is 17.9. The van der Waals surface area contributed by atoms with E-state index in [2.05, 4.69) is 26.5 Å². The van der Waals surface area contributed by atoms with Crippen molar-refractivity contribution >= 4 is 0 Å². The standard InChI is InChI=1S/C23H40O2/c1-4-21-22(25-16-23(21,2)3)20(18-9-5-6-10-18)15-14-19(24)11-7-8-17-12-13-17/h4,17-22,24H,1,5-16H2,2-3H3. The molecule has 1 heterocycles. The second-order valence-corrected chi connectivity index (χ2v) is 9.84. The number of rotatable bonds is 10. The van der Waals surface area contributed by atoms with Gasteiger partial charge in [-0.05, 0) is 42.4 Å². The molecule has 0 radical (unpaired) electrons. The molecule has 4 atom stereocenters. The third kappa shape index (κ3) is 5.10. The molecule has 0 spiro atoms. The lowest BCUT2D eigenvalue weighted by Crippen LogP contribution is -2.34. The molecule has 3 rings (SSSR count). The van der Waals surface area contributed by atoms with Gasteiger partial charge in [0.2, 0.25) is 0 Å². The Labute approximate surface area is 155 Å². The van der Waals surface area contributed by atoms with Gasteiger partial charge in [-0.25, -0.2) is 0 Å². The number of hydrogen-bond donors (Lipinski definition) is 1. The first-order chi connectivity index (χ1) is 12.0. The van der Waals surface area contributed by atoms with Crippen LogP contribution in [-0.2, 0) is 4.74 Å². The summed E-state index contributed by atoms with van der Waals surface area (Å²) in [6.45, 7) is 9.61. The van der Waals surface area contributed by atoms with Gasteiger partial charge in [0.05, 0.1) is 18.8 Å². The molecule has 25 heavy (non-hydrogen) atoms. The molecule has 2 aliphatic carbocycles. The van der Waals surface area contributed by atoms with E-state index >= 15 is 0 Å². The molecule has 4 unspecified atom stereocenters. The average molecular weight is 349 g/mol. The van der Waals surface area contributed by atoms with Gasteiger partial charge in [-0.2, -0.15) is 0 Å². The number of aliphatic hydroxyl groups excluding tert-OH is 1. The van der Waals surface area contributed by atoms with Crippen LogP contribution in [-0.4, -0.2) is 23.9 Å². The van der Waals surface area contributed by atoms with Gasteiger partial charge in [0.15, 0.2) is 0 Å². The second kappa shape index (κ2) is 8.57. The average Bonchev–Trinajstić information content (AvgIpc) is 3.13. The maximum atomic E-state index is 10.5. The van der Waals surface area contributed by atoms with Gasteiger partial charge in [-0.15, -0.1) is 6.58 Å². The summed E-state index contributed by atoms with van der Waals surface area (Å²) in [7, 11) is 0. The van der Waals surface area contributed by atoms with Gasteiger partial charge in [-0.3, -0.25) is 0 Å². The van der Waals surface area contributed by atoms with Gasteiger partial charge in [0, 0.05) is 5.92 Å². The summed E-state index contributed by atoms with van der Waals surface area (Å²) in [6, 6.07) is 0. The summed E-state index contributed by atoms with van der Waals surface area (Å²) in [4.78, 5) is 0. The number of hydrogen-bond acceptors (Lipinski definition) is 2. The molecular formula is C23H40O2. The Kier molecular flexibility index (Phi) is 6.65. The van der Waals surface area contributed by atoms with E-state index in [1.165, 1.54) is 51.4 Å². The molecule has 3 aliphatic rings. The van der Waals surface area contributed by atoms with Crippen LogP contribution in [0.25, 0.3) is 0 Å². The molecule has 144 valence electrons. The molecule has 1 N–H and O–H groups in total. The maximum absolute atomic E-state index is 10.5. The predicted molar refractivity (Wildman–Crippen MR) is 104 cm³/mol. The molecule has 0 amide bonds. The van der Waals surface area contributed by atoms with Crippen LogP contribution in [0.15, 0.2) is 12.7 Å². The lowest BCUT2D eigenvalue weighted by atomic mass is 9.71. The van der Waals surface area contributed by atoms with Crippen LogP contribution in [0.5, 0.6) is 0 Å². The van der Waals surface area contributed by atoms with Crippen LogP contribution in [0.1, 0.15) is 84.5 Å². The van der Waals surface area contributed by atoms with Gasteiger partial charge in [0.1, 0.15) is 0 Å². The van der Waals surface area contributed by atoms with Crippen molar-refractivity contribution in [3.05, 3.63) is 12.7 Å². The van der Waals surface area contributed by atoms with E-state index in [9.17, 15) is 5.11 Å². The van der Waals surface area contributed by atoms with Gasteiger partial charge >= 0.3 is 0 Å². The van der Waals surface area contributed by atoms with Crippen molar-refractivity contribution in [2.24, 2.45) is 29.1 Å². The quantitative estimate of drug-likeness (QED) is 0.510. The van der Waals surface area contributed by atoms with Crippen LogP contribution >= 0.6 is 0 Å². The van der Waals surface area contributed by atoms with Crippen molar-refractivity contribution in [2.45, 2.75) is 96.7 Å². The Hall–Kier alpha value is -0.340. The van der Waals surface area contributed by atoms with Crippen molar-refractivity contribution in [1.82, 2.24) is 0 Å². The zero-order valence-corrected chi connectivity index (χ0v) is 16.6. The summed E-state index contributed by atoms with van der Waals surface area (Å²) >= 11 is 0. The first-order valence-corrected chi connectivity index (χ1v) is 10.9. The molecule has 2 nitrogen and oxygen atoms in total. The second-order valence-electron chi connectivity index (χ2n) is 9.84. The molecule has 2 heteroatoms. The minimum Gasteiger partial charge on any atom is -0.393 e. The third-order valence-corrected chi connectivity index (χ3v) is 7.27. The van der Waals surface area contributed by atoms with Crippen LogP contribution in [0, 0.1) is 29.1 Å². The van der Waals surface area contributed by atoms with Gasteiger partial charge in [-0.1, -0.05) is 71.3 Å². The molecule has 3 fully saturated rings. The fourth-order valence-corrected chi connectivity index (χ4v) is 5.43. The Morgan fingerprint density at radius 1 is 1.12 bits per heavy atom. The van der Waals surface area contributed by atoms with Crippen molar-refractivity contribution < 1.29 is 9.84 Å². The van der Waals surface area contributed by atoms with E-state index in [0.717, 1.165) is 37.7 Å². The monoisotopic (exact) mass is 348 g/mol. The summed E-state index contributed by atoms with van der Waals surface area (Å²) in [5.74, 6) is 2.83. The van der Waals surface area contributed by atoms with E-state index in [4.69, 9.17) is 4.74 Å². The third-order valence-electron chi connectivity index (χ3n) is 7.27. The fourth-order valence-electron chi connectivity index (χ4n) is 5.43. The zero-order valence-electron chi connectivity index (χ0n) is 16.6. The summed E-state index contributed by atoms with van der Waals surface area (Å²) in [6.07, 6.45) is 16.3. The van der Waals surface area contributed by atoms with Crippen LogP contribution in [0.2, 0.25) is 0 Å². The number of aliphatic hydroxyl groups is 1. The summed E-state index contributed by atoms with van der Waals surface area (Å²) in [5.41, 5.74) is 0.201. The smallest absolute Gasteiger partial charge is 0.0674 e. The highest BCUT2D eigenvalue weighted by atomic mass is 16.5. The molecule has 1 saturated heterocycles. The van der Waals surface area contributed by atoms with E-state index in [1.54, 1.807) is 0 Å². The highest BCUT2D eigenvalue weighted by Gasteiger charge is 2.46. The molecule has 2 saturated carbocycles. The summed E-state index contributed by atoms with van der Waals surface area (Å²) in [5, 5.41) is 10.5. The van der Waals surface area contributed by atoms with E-state index in [0.29, 0.717) is 17.9 Å². The van der Waals surface area contributed by atoms with E-state index in [-0.39, 0.29) is 11.5 Å². The van der Waals surface area contributed by atoms with Gasteiger partial charge in [0.25, 0.3) is 0 Å². The van der Waals surface area contributed by atoms with Crippen LogP contribution in [0.3, 0.4) is 0 Å². The molecule has 0 bridgehead atoms. The Bertz CT molecular complexity index is 420. The maximum Gasteiger partial charge on any atom is 0.0674 e. The Morgan fingerprint density at radius 3 is 2.48 bits per heavy atom. The fraction of sp³-hybridized carbons (Fsp3) is 0.913. The molecule has 0 aromatic heterocycles. The highest BCUT2D eigenvalue weighted by molar-refractivity contribution is 5.02. The molecule has 0 aromatic carbocycles. The van der Waals surface area contributed by atoms with Crippen LogP contribution in [0.4, 0.5) is 0 Å². The topological polar surface area (TPSA) is 29.5 Å². The van der Waals surface area contributed by atoms with Crippen molar-refractivity contribution in [3.8, 4) is 0 Å². The van der Waals surface area contributed by atoms with Crippen molar-refractivity contribution in [2.75, 3.05) is 6.61 Å². The highest BCUT2D eigenvalue weighted by Crippen LogP contribution is 2.47. The normalized spacial score (nSPS) is 32.0. The minimum absolute atomic E-state index is 0.112. The minimum atomic E-state index is -0.112. The van der Waals surface area contributed by atoms with Crippen molar-refractivity contribution in [1.29, 1.82) is 0 Å². The van der Waals surface area contributed by atoms with E-state index in [1.807, 2.05) is 0 Å². The molecule has 0 aromatic rings.